The highest BCUT2D eigenvalue weighted by Gasteiger charge is 2.29. The van der Waals surface area contributed by atoms with Gasteiger partial charge in [-0.1, -0.05) is 0 Å². The summed E-state index contributed by atoms with van der Waals surface area (Å²) in [6.07, 6.45) is 6.99. The van der Waals surface area contributed by atoms with Crippen molar-refractivity contribution in [3.05, 3.63) is 18.0 Å². The van der Waals surface area contributed by atoms with E-state index >= 15 is 0 Å². The Morgan fingerprint density at radius 3 is 3.14 bits per heavy atom. The van der Waals surface area contributed by atoms with E-state index < -0.39 is 0 Å². The molecule has 0 aliphatic heterocycles. The number of nitriles is 1. The van der Waals surface area contributed by atoms with Crippen LogP contribution in [0.3, 0.4) is 0 Å². The van der Waals surface area contributed by atoms with Crippen LogP contribution >= 0.6 is 0 Å². The average Bonchev–Trinajstić information content (AvgIpc) is 2.85. The van der Waals surface area contributed by atoms with E-state index in [1.807, 2.05) is 4.68 Å². The monoisotopic (exact) mass is 191 g/mol. The maximum Gasteiger partial charge on any atom is 0.102 e. The fourth-order valence-corrected chi connectivity index (χ4v) is 2.06. The van der Waals surface area contributed by atoms with Crippen molar-refractivity contribution in [1.29, 1.82) is 5.26 Å². The van der Waals surface area contributed by atoms with Gasteiger partial charge in [0, 0.05) is 13.3 Å². The Balaban J connectivity index is 2.18. The summed E-state index contributed by atoms with van der Waals surface area (Å²) >= 11 is 0. The van der Waals surface area contributed by atoms with Gasteiger partial charge >= 0.3 is 0 Å². The lowest BCUT2D eigenvalue weighted by Gasteiger charge is -2.18. The third kappa shape index (κ3) is 1.51. The number of ether oxygens (including phenoxy) is 1. The van der Waals surface area contributed by atoms with Gasteiger partial charge in [-0.3, -0.25) is 4.68 Å². The molecule has 1 fully saturated rings. The van der Waals surface area contributed by atoms with Crippen LogP contribution in [0.1, 0.15) is 30.9 Å². The number of methoxy groups -OCH3 is 1. The van der Waals surface area contributed by atoms with Gasteiger partial charge in [-0.15, -0.1) is 0 Å². The van der Waals surface area contributed by atoms with Gasteiger partial charge in [0.05, 0.1) is 23.9 Å². The molecule has 0 radical (unpaired) electrons. The summed E-state index contributed by atoms with van der Waals surface area (Å²) < 4.78 is 7.24. The minimum absolute atomic E-state index is 0.251. The van der Waals surface area contributed by atoms with Gasteiger partial charge in [0.1, 0.15) is 6.07 Å². The first-order chi connectivity index (χ1) is 6.85. The van der Waals surface area contributed by atoms with Crippen molar-refractivity contribution in [1.82, 2.24) is 9.78 Å². The van der Waals surface area contributed by atoms with Crippen molar-refractivity contribution < 1.29 is 4.74 Å². The van der Waals surface area contributed by atoms with E-state index in [9.17, 15) is 0 Å². The van der Waals surface area contributed by atoms with Crippen LogP contribution in [-0.4, -0.2) is 23.0 Å². The standard InChI is InChI=1S/C10H13N3O/c1-14-10-4-2-3-9(10)13-7-8(5-11)6-12-13/h6-7,9-10H,2-4H2,1H3. The minimum atomic E-state index is 0.251. The van der Waals surface area contributed by atoms with Crippen LogP contribution in [0.25, 0.3) is 0 Å². The lowest BCUT2D eigenvalue weighted by atomic mass is 10.2. The fourth-order valence-electron chi connectivity index (χ4n) is 2.06. The Hall–Kier alpha value is -1.34. The molecule has 1 aromatic heterocycles. The lowest BCUT2D eigenvalue weighted by Crippen LogP contribution is -2.20. The Labute approximate surface area is 83.1 Å². The molecule has 2 rings (SSSR count). The van der Waals surface area contributed by atoms with Gasteiger partial charge < -0.3 is 4.74 Å². The highest BCUT2D eigenvalue weighted by molar-refractivity contribution is 5.22. The topological polar surface area (TPSA) is 50.8 Å². The van der Waals surface area contributed by atoms with Gasteiger partial charge in [-0.25, -0.2) is 0 Å². The van der Waals surface area contributed by atoms with Crippen LogP contribution in [0.4, 0.5) is 0 Å². The highest BCUT2D eigenvalue weighted by atomic mass is 16.5. The van der Waals surface area contributed by atoms with Gasteiger partial charge in [0.2, 0.25) is 0 Å². The summed E-state index contributed by atoms with van der Waals surface area (Å²) in [6, 6.07) is 2.39. The molecule has 74 valence electrons. The van der Waals surface area contributed by atoms with Crippen LogP contribution in [0.2, 0.25) is 0 Å². The number of nitrogens with zero attached hydrogens (tertiary/aromatic N) is 3. The number of hydrogen-bond acceptors (Lipinski definition) is 3. The Morgan fingerprint density at radius 2 is 2.50 bits per heavy atom. The first-order valence-corrected chi connectivity index (χ1v) is 4.82. The van der Waals surface area contributed by atoms with Crippen molar-refractivity contribution in [2.75, 3.05) is 7.11 Å². The summed E-state index contributed by atoms with van der Waals surface area (Å²) in [5, 5.41) is 12.9. The molecule has 2 unspecified atom stereocenters. The maximum atomic E-state index is 8.68. The Kier molecular flexibility index (Phi) is 2.51. The predicted molar refractivity (Wildman–Crippen MR) is 50.6 cm³/mol. The zero-order chi connectivity index (χ0) is 9.97. The van der Waals surface area contributed by atoms with Crippen molar-refractivity contribution in [3.63, 3.8) is 0 Å². The summed E-state index contributed by atoms with van der Waals surface area (Å²) in [4.78, 5) is 0. The van der Waals surface area contributed by atoms with Crippen LogP contribution in [0, 0.1) is 11.3 Å². The molecule has 1 aliphatic carbocycles. The van der Waals surface area contributed by atoms with E-state index in [-0.39, 0.29) is 6.10 Å². The molecule has 1 heterocycles. The maximum absolute atomic E-state index is 8.68. The van der Waals surface area contributed by atoms with E-state index in [1.165, 1.54) is 6.42 Å². The zero-order valence-corrected chi connectivity index (χ0v) is 8.18. The van der Waals surface area contributed by atoms with Crippen molar-refractivity contribution >= 4 is 0 Å². The highest BCUT2D eigenvalue weighted by Crippen LogP contribution is 2.31. The first kappa shape index (κ1) is 9.22. The molecular formula is C10H13N3O. The van der Waals surface area contributed by atoms with E-state index in [2.05, 4.69) is 11.2 Å². The molecule has 1 aromatic rings. The number of aromatic nitrogens is 2. The molecule has 14 heavy (non-hydrogen) atoms. The molecule has 0 saturated heterocycles. The quantitative estimate of drug-likeness (QED) is 0.711. The molecule has 4 heteroatoms. The summed E-state index contributed by atoms with van der Waals surface area (Å²) in [5.41, 5.74) is 0.617. The van der Waals surface area contributed by atoms with Crippen LogP contribution in [0.5, 0.6) is 0 Å². The molecule has 0 N–H and O–H groups in total. The van der Waals surface area contributed by atoms with Crippen LogP contribution < -0.4 is 0 Å². The largest absolute Gasteiger partial charge is 0.379 e. The molecule has 0 aromatic carbocycles. The molecule has 0 bridgehead atoms. The predicted octanol–water partition coefficient (Wildman–Crippen LogP) is 1.49. The van der Waals surface area contributed by atoms with Gasteiger partial charge in [-0.2, -0.15) is 10.4 Å². The SMILES string of the molecule is COC1CCCC1n1cc(C#N)cn1. The van der Waals surface area contributed by atoms with Crippen LogP contribution in [0.15, 0.2) is 12.4 Å². The molecule has 4 nitrogen and oxygen atoms in total. The Morgan fingerprint density at radius 1 is 1.64 bits per heavy atom. The van der Waals surface area contributed by atoms with Gasteiger partial charge in [-0.05, 0) is 19.3 Å². The second-order valence-corrected chi connectivity index (χ2v) is 3.59. The van der Waals surface area contributed by atoms with Crippen molar-refractivity contribution in [2.45, 2.75) is 31.4 Å². The smallest absolute Gasteiger partial charge is 0.102 e. The average molecular weight is 191 g/mol. The number of hydrogen-bond donors (Lipinski definition) is 0. The van der Waals surface area contributed by atoms with Crippen molar-refractivity contribution in [2.24, 2.45) is 0 Å². The third-order valence-electron chi connectivity index (χ3n) is 2.79. The molecule has 1 saturated carbocycles. The van der Waals surface area contributed by atoms with E-state index in [0.717, 1.165) is 12.8 Å². The second kappa shape index (κ2) is 3.81. The lowest BCUT2D eigenvalue weighted by molar-refractivity contribution is 0.0709. The van der Waals surface area contributed by atoms with E-state index in [0.29, 0.717) is 11.6 Å². The molecule has 1 aliphatic rings. The van der Waals surface area contributed by atoms with E-state index in [4.69, 9.17) is 10.00 Å². The molecule has 0 amide bonds. The van der Waals surface area contributed by atoms with Gasteiger partial charge in [0.15, 0.2) is 0 Å². The van der Waals surface area contributed by atoms with E-state index in [1.54, 1.807) is 19.5 Å². The summed E-state index contributed by atoms with van der Waals surface area (Å²) in [5.74, 6) is 0. The molecule has 0 spiro atoms. The third-order valence-corrected chi connectivity index (χ3v) is 2.79. The molecule has 2 atom stereocenters. The van der Waals surface area contributed by atoms with Gasteiger partial charge in [0.25, 0.3) is 0 Å². The Bertz CT molecular complexity index is 352. The second-order valence-electron chi connectivity index (χ2n) is 3.59. The first-order valence-electron chi connectivity index (χ1n) is 4.82. The normalized spacial score (nSPS) is 26.3. The fraction of sp³-hybridized carbons (Fsp3) is 0.600. The number of rotatable bonds is 2. The van der Waals surface area contributed by atoms with Crippen LogP contribution in [-0.2, 0) is 4.74 Å². The summed E-state index contributed by atoms with van der Waals surface area (Å²) in [7, 11) is 1.73. The van der Waals surface area contributed by atoms with Crippen molar-refractivity contribution in [3.8, 4) is 6.07 Å². The zero-order valence-electron chi connectivity index (χ0n) is 8.18. The minimum Gasteiger partial charge on any atom is -0.379 e. The molecular weight excluding hydrogens is 178 g/mol. The summed E-state index contributed by atoms with van der Waals surface area (Å²) in [6.45, 7) is 0.